The van der Waals surface area contributed by atoms with E-state index in [1.54, 1.807) is 0 Å². The number of aryl methyl sites for hydroxylation is 1. The van der Waals surface area contributed by atoms with Crippen LogP contribution in [0.4, 0.5) is 0 Å². The maximum atomic E-state index is 12.3. The molecule has 5 nitrogen and oxygen atoms in total. The number of rotatable bonds is 5. The van der Waals surface area contributed by atoms with E-state index < -0.39 is 0 Å². The number of carbonyl (C=O) groups is 1. The highest BCUT2D eigenvalue weighted by molar-refractivity contribution is 5.81. The molecule has 1 saturated carbocycles. The van der Waals surface area contributed by atoms with Crippen LogP contribution in [0.25, 0.3) is 5.65 Å². The van der Waals surface area contributed by atoms with Gasteiger partial charge in [0.15, 0.2) is 0 Å². The van der Waals surface area contributed by atoms with Crippen LogP contribution in [0.1, 0.15) is 43.9 Å². The number of pyridine rings is 1. The zero-order valence-electron chi connectivity index (χ0n) is 15.2. The summed E-state index contributed by atoms with van der Waals surface area (Å²) >= 11 is 0. The molecule has 2 fully saturated rings. The van der Waals surface area contributed by atoms with Crippen molar-refractivity contribution in [3.63, 3.8) is 0 Å². The van der Waals surface area contributed by atoms with Gasteiger partial charge in [-0.2, -0.15) is 0 Å². The van der Waals surface area contributed by atoms with Gasteiger partial charge in [-0.3, -0.25) is 4.79 Å². The normalized spacial score (nSPS) is 24.0. The SMILES string of the molecule is CC[C@@H]1CN(C(=O)C2CC2)CC[C@@H]1NCc1cnc2c(C)cccn12. The highest BCUT2D eigenvalue weighted by Gasteiger charge is 2.37. The molecule has 0 bridgehead atoms. The second-order valence-electron chi connectivity index (χ2n) is 7.64. The molecule has 1 aliphatic carbocycles. The Kier molecular flexibility index (Phi) is 4.50. The first-order chi connectivity index (χ1) is 12.2. The maximum absolute atomic E-state index is 12.3. The number of aromatic nitrogens is 2. The predicted octanol–water partition coefficient (Wildman–Crippen LogP) is 2.77. The molecule has 1 N–H and O–H groups in total. The lowest BCUT2D eigenvalue weighted by atomic mass is 9.89. The van der Waals surface area contributed by atoms with E-state index in [9.17, 15) is 4.79 Å². The molecule has 2 aromatic rings. The van der Waals surface area contributed by atoms with Gasteiger partial charge in [0.05, 0.1) is 11.9 Å². The maximum Gasteiger partial charge on any atom is 0.225 e. The van der Waals surface area contributed by atoms with Gasteiger partial charge in [-0.25, -0.2) is 4.98 Å². The molecule has 3 heterocycles. The first kappa shape index (κ1) is 16.6. The Morgan fingerprint density at radius 1 is 1.36 bits per heavy atom. The molecule has 0 radical (unpaired) electrons. The Balaban J connectivity index is 1.40. The van der Waals surface area contributed by atoms with Crippen LogP contribution in [0.5, 0.6) is 0 Å². The van der Waals surface area contributed by atoms with Crippen LogP contribution < -0.4 is 5.32 Å². The van der Waals surface area contributed by atoms with Gasteiger partial charge in [-0.1, -0.05) is 19.4 Å². The molecule has 5 heteroatoms. The minimum Gasteiger partial charge on any atom is -0.342 e. The monoisotopic (exact) mass is 340 g/mol. The van der Waals surface area contributed by atoms with Crippen LogP contribution in [-0.2, 0) is 11.3 Å². The Morgan fingerprint density at radius 2 is 2.20 bits per heavy atom. The lowest BCUT2D eigenvalue weighted by Gasteiger charge is -2.39. The van der Waals surface area contributed by atoms with E-state index in [0.29, 0.717) is 23.8 Å². The van der Waals surface area contributed by atoms with Crippen molar-refractivity contribution in [1.82, 2.24) is 19.6 Å². The van der Waals surface area contributed by atoms with E-state index in [0.717, 1.165) is 51.0 Å². The summed E-state index contributed by atoms with van der Waals surface area (Å²) in [5.41, 5.74) is 3.44. The molecule has 0 unspecified atom stereocenters. The number of nitrogens with one attached hydrogen (secondary N) is 1. The number of nitrogens with zero attached hydrogens (tertiary/aromatic N) is 3. The summed E-state index contributed by atoms with van der Waals surface area (Å²) < 4.78 is 2.18. The summed E-state index contributed by atoms with van der Waals surface area (Å²) in [6.45, 7) is 6.97. The summed E-state index contributed by atoms with van der Waals surface area (Å²) in [4.78, 5) is 19.0. The average molecular weight is 340 g/mol. The standard InChI is InChI=1S/C20H28N4O/c1-3-15-13-23(20(25)16-6-7-16)10-8-18(15)21-11-17-12-22-19-14(2)5-4-9-24(17)19/h4-5,9,12,15-16,18,21H,3,6-8,10-11,13H2,1-2H3/t15-,18+/m1/s1. The zero-order chi connectivity index (χ0) is 17.4. The lowest BCUT2D eigenvalue weighted by molar-refractivity contribution is -0.134. The fourth-order valence-corrected chi connectivity index (χ4v) is 4.07. The molecule has 1 aliphatic heterocycles. The van der Waals surface area contributed by atoms with Crippen molar-refractivity contribution in [2.45, 2.75) is 52.1 Å². The van der Waals surface area contributed by atoms with Crippen molar-refractivity contribution >= 4 is 11.6 Å². The minimum atomic E-state index is 0.336. The minimum absolute atomic E-state index is 0.336. The van der Waals surface area contributed by atoms with Crippen LogP contribution in [-0.4, -0.2) is 39.3 Å². The van der Waals surface area contributed by atoms with Crippen LogP contribution in [0.3, 0.4) is 0 Å². The van der Waals surface area contributed by atoms with Crippen LogP contribution in [0, 0.1) is 18.8 Å². The molecular weight excluding hydrogens is 312 g/mol. The van der Waals surface area contributed by atoms with Crippen LogP contribution in [0.15, 0.2) is 24.5 Å². The third-order valence-electron chi connectivity index (χ3n) is 5.85. The Morgan fingerprint density at radius 3 is 2.96 bits per heavy atom. The molecule has 0 aromatic carbocycles. The summed E-state index contributed by atoms with van der Waals surface area (Å²) in [5, 5.41) is 3.74. The molecule has 134 valence electrons. The van der Waals surface area contributed by atoms with Gasteiger partial charge in [0.2, 0.25) is 5.91 Å². The Labute approximate surface area is 149 Å². The second kappa shape index (κ2) is 6.79. The summed E-state index contributed by atoms with van der Waals surface area (Å²) in [5.74, 6) is 1.27. The predicted molar refractivity (Wildman–Crippen MR) is 98.3 cm³/mol. The molecule has 1 amide bonds. The number of hydrogen-bond donors (Lipinski definition) is 1. The third-order valence-corrected chi connectivity index (χ3v) is 5.85. The Bertz CT molecular complexity index is 764. The number of imidazole rings is 1. The van der Waals surface area contributed by atoms with Crippen LogP contribution >= 0.6 is 0 Å². The number of carbonyl (C=O) groups excluding carboxylic acids is 1. The number of fused-ring (bicyclic) bond motifs is 1. The number of amides is 1. The quantitative estimate of drug-likeness (QED) is 0.910. The largest absolute Gasteiger partial charge is 0.342 e. The van der Waals surface area contributed by atoms with Crippen molar-refractivity contribution < 1.29 is 4.79 Å². The van der Waals surface area contributed by atoms with Crippen LogP contribution in [0.2, 0.25) is 0 Å². The van der Waals surface area contributed by atoms with E-state index in [-0.39, 0.29) is 0 Å². The fourth-order valence-electron chi connectivity index (χ4n) is 4.07. The first-order valence-electron chi connectivity index (χ1n) is 9.61. The number of piperidine rings is 1. The molecule has 0 spiro atoms. The van der Waals surface area contributed by atoms with Gasteiger partial charge in [0.1, 0.15) is 5.65 Å². The molecular formula is C20H28N4O. The molecule has 25 heavy (non-hydrogen) atoms. The van der Waals surface area contributed by atoms with Crippen molar-refractivity contribution in [3.8, 4) is 0 Å². The molecule has 1 saturated heterocycles. The van der Waals surface area contributed by atoms with E-state index in [4.69, 9.17) is 0 Å². The van der Waals surface area contributed by atoms with E-state index in [2.05, 4.69) is 51.8 Å². The third kappa shape index (κ3) is 3.30. The van der Waals surface area contributed by atoms with E-state index >= 15 is 0 Å². The molecule has 2 aliphatic rings. The molecule has 2 atom stereocenters. The Hall–Kier alpha value is -1.88. The first-order valence-corrected chi connectivity index (χ1v) is 9.61. The van der Waals surface area contributed by atoms with Gasteiger partial charge in [-0.15, -0.1) is 0 Å². The average Bonchev–Trinajstić information content (AvgIpc) is 3.40. The van der Waals surface area contributed by atoms with Crippen molar-refractivity contribution in [2.75, 3.05) is 13.1 Å². The van der Waals surface area contributed by atoms with Gasteiger partial charge >= 0.3 is 0 Å². The highest BCUT2D eigenvalue weighted by atomic mass is 16.2. The van der Waals surface area contributed by atoms with E-state index in [1.165, 1.54) is 11.3 Å². The topological polar surface area (TPSA) is 49.6 Å². The smallest absolute Gasteiger partial charge is 0.225 e. The fraction of sp³-hybridized carbons (Fsp3) is 0.600. The van der Waals surface area contributed by atoms with Crippen molar-refractivity contribution in [3.05, 3.63) is 35.8 Å². The van der Waals surface area contributed by atoms with Gasteiger partial charge < -0.3 is 14.6 Å². The second-order valence-corrected chi connectivity index (χ2v) is 7.64. The summed E-state index contributed by atoms with van der Waals surface area (Å²) in [6, 6.07) is 4.65. The highest BCUT2D eigenvalue weighted by Crippen LogP contribution is 2.33. The summed E-state index contributed by atoms with van der Waals surface area (Å²) in [6.07, 6.45) is 8.41. The molecule has 4 rings (SSSR count). The van der Waals surface area contributed by atoms with Gasteiger partial charge in [0.25, 0.3) is 0 Å². The lowest BCUT2D eigenvalue weighted by Crippen LogP contribution is -2.51. The number of likely N-dealkylation sites (tertiary alicyclic amines) is 1. The van der Waals surface area contributed by atoms with Gasteiger partial charge in [0, 0.05) is 37.8 Å². The number of hydrogen-bond acceptors (Lipinski definition) is 3. The van der Waals surface area contributed by atoms with E-state index in [1.807, 2.05) is 6.20 Å². The zero-order valence-corrected chi connectivity index (χ0v) is 15.2. The van der Waals surface area contributed by atoms with Crippen molar-refractivity contribution in [2.24, 2.45) is 11.8 Å². The van der Waals surface area contributed by atoms with Gasteiger partial charge in [-0.05, 0) is 43.7 Å². The molecule has 2 aromatic heterocycles. The summed E-state index contributed by atoms with van der Waals surface area (Å²) in [7, 11) is 0. The van der Waals surface area contributed by atoms with Crippen molar-refractivity contribution in [1.29, 1.82) is 0 Å².